The fourth-order valence-corrected chi connectivity index (χ4v) is 5.14. The van der Waals surface area contributed by atoms with Gasteiger partial charge in [0.2, 0.25) is 11.8 Å². The summed E-state index contributed by atoms with van der Waals surface area (Å²) in [6, 6.07) is 8.00. The third kappa shape index (κ3) is 7.40. The number of nitrogens with zero attached hydrogens (tertiary/aromatic N) is 4. The van der Waals surface area contributed by atoms with Crippen LogP contribution in [0.2, 0.25) is 0 Å². The van der Waals surface area contributed by atoms with Crippen molar-refractivity contribution in [3.63, 3.8) is 0 Å². The monoisotopic (exact) mass is 494 g/mol. The van der Waals surface area contributed by atoms with Crippen LogP contribution in [0.4, 0.5) is 11.5 Å². The van der Waals surface area contributed by atoms with Crippen molar-refractivity contribution in [2.24, 2.45) is 0 Å². The molecule has 3 heterocycles. The predicted molar refractivity (Wildman–Crippen MR) is 147 cm³/mol. The van der Waals surface area contributed by atoms with Crippen LogP contribution in [0, 0.1) is 6.92 Å². The molecule has 36 heavy (non-hydrogen) atoms. The number of carbonyl (C=O) groups is 2. The van der Waals surface area contributed by atoms with Crippen molar-refractivity contribution < 1.29 is 9.59 Å². The molecule has 196 valence electrons. The molecule has 0 radical (unpaired) electrons. The lowest BCUT2D eigenvalue weighted by Gasteiger charge is -2.33. The number of amides is 2. The topological polar surface area (TPSA) is 80.8 Å². The lowest BCUT2D eigenvalue weighted by atomic mass is 10.1. The first-order chi connectivity index (χ1) is 17.5. The van der Waals surface area contributed by atoms with E-state index in [1.54, 1.807) is 0 Å². The fourth-order valence-electron chi connectivity index (χ4n) is 5.14. The second-order valence-electron chi connectivity index (χ2n) is 10.1. The number of nitrogens with one attached hydrogen (secondary N) is 2. The molecular weight excluding hydrogens is 452 g/mol. The lowest BCUT2D eigenvalue weighted by molar-refractivity contribution is -0.124. The Morgan fingerprint density at radius 1 is 0.917 bits per heavy atom. The van der Waals surface area contributed by atoms with Crippen molar-refractivity contribution in [3.05, 3.63) is 29.8 Å². The number of piperazine rings is 1. The van der Waals surface area contributed by atoms with E-state index in [2.05, 4.69) is 45.2 Å². The van der Waals surface area contributed by atoms with Gasteiger partial charge in [-0.15, -0.1) is 0 Å². The molecule has 2 aliphatic heterocycles. The summed E-state index contributed by atoms with van der Waals surface area (Å²) in [5, 5.41) is 6.95. The highest BCUT2D eigenvalue weighted by Crippen LogP contribution is 2.27. The Morgan fingerprint density at radius 3 is 2.39 bits per heavy atom. The third-order valence-corrected chi connectivity index (χ3v) is 7.43. The molecule has 0 bridgehead atoms. The van der Waals surface area contributed by atoms with Crippen LogP contribution in [0.3, 0.4) is 0 Å². The Bertz CT molecular complexity index is 1030. The number of aromatic nitrogens is 1. The minimum atomic E-state index is -0.145. The van der Waals surface area contributed by atoms with Crippen molar-refractivity contribution >= 4 is 34.2 Å². The van der Waals surface area contributed by atoms with Crippen LogP contribution in [-0.4, -0.2) is 85.5 Å². The Morgan fingerprint density at radius 2 is 1.64 bits per heavy atom. The SMILES string of the molecule is CCN1CCN(CCCNC(=O)CCC(=O)Nc2ccc3nc(N4CCCCC4)cc(C)c3c2)CC1. The van der Waals surface area contributed by atoms with Crippen LogP contribution in [0.1, 0.15) is 51.0 Å². The van der Waals surface area contributed by atoms with E-state index in [0.717, 1.165) is 86.8 Å². The van der Waals surface area contributed by atoms with Crippen LogP contribution >= 0.6 is 0 Å². The zero-order chi connectivity index (χ0) is 25.3. The minimum absolute atomic E-state index is 0.0650. The van der Waals surface area contributed by atoms with Gasteiger partial charge in [-0.05, 0) is 75.5 Å². The summed E-state index contributed by atoms with van der Waals surface area (Å²) < 4.78 is 0. The van der Waals surface area contributed by atoms with Crippen molar-refractivity contribution in [3.8, 4) is 0 Å². The molecule has 4 rings (SSSR count). The zero-order valence-corrected chi connectivity index (χ0v) is 22.0. The van der Waals surface area contributed by atoms with Crippen LogP contribution in [0.5, 0.6) is 0 Å². The molecule has 2 fully saturated rings. The molecule has 2 aromatic rings. The number of anilines is 2. The van der Waals surface area contributed by atoms with Crippen LogP contribution < -0.4 is 15.5 Å². The molecule has 2 amide bonds. The standard InChI is InChI=1S/C28H42N6O2/c1-3-32-16-18-33(19-17-32)13-7-12-29-27(35)10-11-28(36)30-23-8-9-25-24(21-23)22(2)20-26(31-25)34-14-5-4-6-15-34/h8-9,20-21H,3-7,10-19H2,1-2H3,(H,29,35)(H,30,36). The molecule has 2 saturated heterocycles. The van der Waals surface area contributed by atoms with Crippen molar-refractivity contribution in [2.45, 2.75) is 52.4 Å². The summed E-state index contributed by atoms with van der Waals surface area (Å²) in [6.07, 6.45) is 5.05. The first kappa shape index (κ1) is 26.4. The predicted octanol–water partition coefficient (Wildman–Crippen LogP) is 3.40. The largest absolute Gasteiger partial charge is 0.357 e. The number of hydrogen-bond acceptors (Lipinski definition) is 6. The minimum Gasteiger partial charge on any atom is -0.357 e. The molecule has 0 atom stereocenters. The molecule has 1 aromatic carbocycles. The summed E-state index contributed by atoms with van der Waals surface area (Å²) >= 11 is 0. The summed E-state index contributed by atoms with van der Waals surface area (Å²) in [5.74, 6) is 0.833. The molecule has 8 heteroatoms. The van der Waals surface area contributed by atoms with Gasteiger partial charge in [-0.25, -0.2) is 4.98 Å². The highest BCUT2D eigenvalue weighted by Gasteiger charge is 2.16. The summed E-state index contributed by atoms with van der Waals surface area (Å²) in [4.78, 5) is 36.8. The van der Waals surface area contributed by atoms with Gasteiger partial charge in [-0.3, -0.25) is 9.59 Å². The van der Waals surface area contributed by atoms with E-state index in [9.17, 15) is 9.59 Å². The molecular formula is C28H42N6O2. The smallest absolute Gasteiger partial charge is 0.224 e. The van der Waals surface area contributed by atoms with Crippen molar-refractivity contribution in [1.82, 2.24) is 20.1 Å². The van der Waals surface area contributed by atoms with Gasteiger partial charge in [0, 0.05) is 69.7 Å². The zero-order valence-electron chi connectivity index (χ0n) is 22.0. The Balaban J connectivity index is 1.18. The quantitative estimate of drug-likeness (QED) is 0.493. The number of hydrogen-bond donors (Lipinski definition) is 2. The number of benzene rings is 1. The highest BCUT2D eigenvalue weighted by atomic mass is 16.2. The van der Waals surface area contributed by atoms with Gasteiger partial charge in [-0.1, -0.05) is 6.92 Å². The summed E-state index contributed by atoms with van der Waals surface area (Å²) in [6.45, 7) is 13.7. The van der Waals surface area contributed by atoms with E-state index in [-0.39, 0.29) is 24.7 Å². The van der Waals surface area contributed by atoms with Gasteiger partial charge in [0.05, 0.1) is 5.52 Å². The number of fused-ring (bicyclic) bond motifs is 1. The molecule has 8 nitrogen and oxygen atoms in total. The van der Waals surface area contributed by atoms with Gasteiger partial charge >= 0.3 is 0 Å². The average Bonchev–Trinajstić information content (AvgIpc) is 2.91. The van der Waals surface area contributed by atoms with Crippen molar-refractivity contribution in [1.29, 1.82) is 0 Å². The maximum absolute atomic E-state index is 12.5. The van der Waals surface area contributed by atoms with E-state index in [1.807, 2.05) is 18.2 Å². The number of rotatable bonds is 10. The van der Waals surface area contributed by atoms with Gasteiger partial charge < -0.3 is 25.3 Å². The van der Waals surface area contributed by atoms with E-state index in [1.165, 1.54) is 19.3 Å². The summed E-state index contributed by atoms with van der Waals surface area (Å²) in [7, 11) is 0. The second-order valence-corrected chi connectivity index (χ2v) is 10.1. The number of pyridine rings is 1. The first-order valence-corrected chi connectivity index (χ1v) is 13.7. The van der Waals surface area contributed by atoms with Crippen molar-refractivity contribution in [2.75, 3.05) is 69.1 Å². The van der Waals surface area contributed by atoms with E-state index < -0.39 is 0 Å². The molecule has 0 aliphatic carbocycles. The Labute approximate surface area is 215 Å². The first-order valence-electron chi connectivity index (χ1n) is 13.7. The van der Waals surface area contributed by atoms with E-state index >= 15 is 0 Å². The Hall–Kier alpha value is -2.71. The highest BCUT2D eigenvalue weighted by molar-refractivity contribution is 5.96. The van der Waals surface area contributed by atoms with Crippen LogP contribution in [0.15, 0.2) is 24.3 Å². The summed E-state index contributed by atoms with van der Waals surface area (Å²) in [5.41, 5.74) is 2.84. The molecule has 0 saturated carbocycles. The maximum Gasteiger partial charge on any atom is 0.224 e. The lowest BCUT2D eigenvalue weighted by Crippen LogP contribution is -2.46. The Kier molecular flexibility index (Phi) is 9.53. The average molecular weight is 495 g/mol. The van der Waals surface area contributed by atoms with Gasteiger partial charge in [-0.2, -0.15) is 0 Å². The number of carbonyl (C=O) groups excluding carboxylic acids is 2. The second kappa shape index (κ2) is 13.0. The number of likely N-dealkylation sites (N-methyl/N-ethyl adjacent to an activating group) is 1. The van der Waals surface area contributed by atoms with Gasteiger partial charge in [0.1, 0.15) is 5.82 Å². The molecule has 1 aromatic heterocycles. The van der Waals surface area contributed by atoms with Crippen LogP contribution in [-0.2, 0) is 9.59 Å². The van der Waals surface area contributed by atoms with Crippen LogP contribution in [0.25, 0.3) is 10.9 Å². The van der Waals surface area contributed by atoms with Gasteiger partial charge in [0.15, 0.2) is 0 Å². The number of aryl methyl sites for hydroxylation is 1. The van der Waals surface area contributed by atoms with Gasteiger partial charge in [0.25, 0.3) is 0 Å². The third-order valence-electron chi connectivity index (χ3n) is 7.43. The molecule has 0 spiro atoms. The number of piperidine rings is 1. The molecule has 2 N–H and O–H groups in total. The molecule has 2 aliphatic rings. The van der Waals surface area contributed by atoms with E-state index in [0.29, 0.717) is 6.54 Å². The molecule has 0 unspecified atom stereocenters. The van der Waals surface area contributed by atoms with E-state index in [4.69, 9.17) is 4.98 Å². The maximum atomic E-state index is 12.5. The fraction of sp³-hybridized carbons (Fsp3) is 0.607. The normalized spacial score (nSPS) is 17.3.